The number of carboxylic acid groups (broad SMARTS) is 1. The molecule has 1 heterocycles. The minimum absolute atomic E-state index is 0.119. The smallest absolute Gasteiger partial charge is 0.404 e. The highest BCUT2D eigenvalue weighted by Crippen LogP contribution is 2.01. The highest BCUT2D eigenvalue weighted by molar-refractivity contribution is 5.78. The maximum absolute atomic E-state index is 10.8. The van der Waals surface area contributed by atoms with Crippen LogP contribution in [0, 0.1) is 0 Å². The molecular weight excluding hydrogens is 162 g/mol. The first-order valence-electron chi connectivity index (χ1n) is 3.61. The zero-order chi connectivity index (χ0) is 9.14. The lowest BCUT2D eigenvalue weighted by Gasteiger charge is -2.28. The standard InChI is InChI=1S/C6H11N3O3/c7-3-2-8-5(10)1-4(3)9-6(11)12/h3-4,9H,1-2,7H2,(H,8,10)(H,11,12)/t3-,4+/m1/s1. The summed E-state index contributed by atoms with van der Waals surface area (Å²) >= 11 is 0. The van der Waals surface area contributed by atoms with Gasteiger partial charge in [0.05, 0.1) is 6.04 Å². The van der Waals surface area contributed by atoms with Gasteiger partial charge in [-0.2, -0.15) is 0 Å². The molecule has 0 saturated carbocycles. The van der Waals surface area contributed by atoms with E-state index < -0.39 is 12.1 Å². The lowest BCUT2D eigenvalue weighted by atomic mass is 10.0. The SMILES string of the molecule is N[C@@H]1CNC(=O)C[C@@H]1NC(=O)O. The van der Waals surface area contributed by atoms with E-state index in [9.17, 15) is 9.59 Å². The first-order valence-corrected chi connectivity index (χ1v) is 3.61. The normalized spacial score (nSPS) is 29.2. The summed E-state index contributed by atoms with van der Waals surface area (Å²) in [6.45, 7) is 0.323. The van der Waals surface area contributed by atoms with Crippen LogP contribution in [0.1, 0.15) is 6.42 Å². The van der Waals surface area contributed by atoms with Crippen LogP contribution in [-0.4, -0.2) is 35.7 Å². The topological polar surface area (TPSA) is 104 Å². The van der Waals surface area contributed by atoms with E-state index in [0.29, 0.717) is 6.54 Å². The molecule has 6 nitrogen and oxygen atoms in total. The molecule has 5 N–H and O–H groups in total. The van der Waals surface area contributed by atoms with E-state index in [0.717, 1.165) is 0 Å². The van der Waals surface area contributed by atoms with Gasteiger partial charge in [-0.25, -0.2) is 4.79 Å². The second-order valence-electron chi connectivity index (χ2n) is 2.73. The molecule has 0 unspecified atom stereocenters. The maximum atomic E-state index is 10.8. The van der Waals surface area contributed by atoms with Gasteiger partial charge in [0.1, 0.15) is 0 Å². The summed E-state index contributed by atoms with van der Waals surface area (Å²) in [5, 5.41) is 13.1. The van der Waals surface area contributed by atoms with Crippen LogP contribution in [0.2, 0.25) is 0 Å². The van der Waals surface area contributed by atoms with Crippen molar-refractivity contribution in [2.45, 2.75) is 18.5 Å². The number of carbonyl (C=O) groups is 2. The van der Waals surface area contributed by atoms with E-state index in [1.807, 2.05) is 0 Å². The van der Waals surface area contributed by atoms with Gasteiger partial charge in [0.2, 0.25) is 5.91 Å². The number of hydrogen-bond donors (Lipinski definition) is 4. The molecule has 0 aliphatic carbocycles. The van der Waals surface area contributed by atoms with E-state index in [1.165, 1.54) is 0 Å². The Balaban J connectivity index is 2.49. The molecule has 0 aromatic rings. The van der Waals surface area contributed by atoms with Crippen molar-refractivity contribution in [3.05, 3.63) is 0 Å². The van der Waals surface area contributed by atoms with Crippen molar-refractivity contribution in [2.24, 2.45) is 5.73 Å². The third kappa shape index (κ3) is 2.09. The first-order chi connectivity index (χ1) is 5.59. The first kappa shape index (κ1) is 8.79. The minimum Gasteiger partial charge on any atom is -0.465 e. The third-order valence-electron chi connectivity index (χ3n) is 1.77. The summed E-state index contributed by atoms with van der Waals surface area (Å²) in [5.74, 6) is -0.171. The van der Waals surface area contributed by atoms with Gasteiger partial charge in [-0.15, -0.1) is 0 Å². The third-order valence-corrected chi connectivity index (χ3v) is 1.77. The molecule has 0 spiro atoms. The second kappa shape index (κ2) is 3.40. The molecular formula is C6H11N3O3. The molecule has 1 aliphatic rings. The Labute approximate surface area is 69.1 Å². The predicted molar refractivity (Wildman–Crippen MR) is 40.6 cm³/mol. The van der Waals surface area contributed by atoms with Crippen LogP contribution in [0.4, 0.5) is 4.79 Å². The monoisotopic (exact) mass is 173 g/mol. The van der Waals surface area contributed by atoms with Gasteiger partial charge in [-0.1, -0.05) is 0 Å². The molecule has 0 aromatic heterocycles. The summed E-state index contributed by atoms with van der Waals surface area (Å²) in [5.41, 5.74) is 5.55. The Bertz CT molecular complexity index is 204. The number of amides is 2. The van der Waals surface area contributed by atoms with Crippen LogP contribution in [0.15, 0.2) is 0 Å². The van der Waals surface area contributed by atoms with Crippen LogP contribution in [-0.2, 0) is 4.79 Å². The van der Waals surface area contributed by atoms with Crippen molar-refractivity contribution >= 4 is 12.0 Å². The Hall–Kier alpha value is -1.30. The Morgan fingerprint density at radius 2 is 2.42 bits per heavy atom. The molecule has 1 fully saturated rings. The highest BCUT2D eigenvalue weighted by Gasteiger charge is 2.27. The number of piperidine rings is 1. The van der Waals surface area contributed by atoms with Crippen LogP contribution in [0.3, 0.4) is 0 Å². The van der Waals surface area contributed by atoms with Crippen molar-refractivity contribution in [1.29, 1.82) is 0 Å². The highest BCUT2D eigenvalue weighted by atomic mass is 16.4. The quantitative estimate of drug-likeness (QED) is 0.386. The van der Waals surface area contributed by atoms with Gasteiger partial charge in [0, 0.05) is 19.0 Å². The van der Waals surface area contributed by atoms with E-state index >= 15 is 0 Å². The maximum Gasteiger partial charge on any atom is 0.404 e. The molecule has 1 rings (SSSR count). The van der Waals surface area contributed by atoms with Gasteiger partial charge in [-0.3, -0.25) is 4.79 Å². The lowest BCUT2D eigenvalue weighted by molar-refractivity contribution is -0.123. The summed E-state index contributed by atoms with van der Waals surface area (Å²) < 4.78 is 0. The van der Waals surface area contributed by atoms with E-state index in [4.69, 9.17) is 10.8 Å². The Morgan fingerprint density at radius 1 is 1.75 bits per heavy atom. The number of nitrogens with two attached hydrogens (primary N) is 1. The zero-order valence-corrected chi connectivity index (χ0v) is 6.41. The van der Waals surface area contributed by atoms with Crippen molar-refractivity contribution in [2.75, 3.05) is 6.54 Å². The van der Waals surface area contributed by atoms with Crippen LogP contribution < -0.4 is 16.4 Å². The molecule has 12 heavy (non-hydrogen) atoms. The zero-order valence-electron chi connectivity index (χ0n) is 6.41. The molecule has 1 aliphatic heterocycles. The largest absolute Gasteiger partial charge is 0.465 e. The summed E-state index contributed by atoms with van der Waals surface area (Å²) in [6.07, 6.45) is -1.03. The summed E-state index contributed by atoms with van der Waals surface area (Å²) in [7, 11) is 0. The molecule has 6 heteroatoms. The van der Waals surface area contributed by atoms with Gasteiger partial charge in [0.15, 0.2) is 0 Å². The van der Waals surface area contributed by atoms with E-state index in [2.05, 4.69) is 10.6 Å². The van der Waals surface area contributed by atoms with Gasteiger partial charge in [0.25, 0.3) is 0 Å². The summed E-state index contributed by atoms with van der Waals surface area (Å²) in [4.78, 5) is 21.0. The second-order valence-corrected chi connectivity index (χ2v) is 2.73. The number of rotatable bonds is 1. The van der Waals surface area contributed by atoms with E-state index in [1.54, 1.807) is 0 Å². The average Bonchev–Trinajstić information content (AvgIpc) is 1.96. The molecule has 1 saturated heterocycles. The molecule has 2 atom stereocenters. The van der Waals surface area contributed by atoms with Crippen LogP contribution >= 0.6 is 0 Å². The van der Waals surface area contributed by atoms with Gasteiger partial charge < -0.3 is 21.5 Å². The number of hydrogen-bond acceptors (Lipinski definition) is 3. The fourth-order valence-electron chi connectivity index (χ4n) is 1.11. The van der Waals surface area contributed by atoms with Crippen LogP contribution in [0.5, 0.6) is 0 Å². The molecule has 2 amide bonds. The van der Waals surface area contributed by atoms with Gasteiger partial charge in [-0.05, 0) is 0 Å². The average molecular weight is 173 g/mol. The van der Waals surface area contributed by atoms with Gasteiger partial charge >= 0.3 is 6.09 Å². The lowest BCUT2D eigenvalue weighted by Crippen LogP contribution is -2.58. The number of carbonyl (C=O) groups excluding carboxylic acids is 1. The van der Waals surface area contributed by atoms with Crippen LogP contribution in [0.25, 0.3) is 0 Å². The fourth-order valence-corrected chi connectivity index (χ4v) is 1.11. The minimum atomic E-state index is -1.15. The molecule has 0 aromatic carbocycles. The Kier molecular flexibility index (Phi) is 2.49. The van der Waals surface area contributed by atoms with Crippen molar-refractivity contribution in [3.63, 3.8) is 0 Å². The Morgan fingerprint density at radius 3 is 3.00 bits per heavy atom. The predicted octanol–water partition coefficient (Wildman–Crippen LogP) is -1.53. The van der Waals surface area contributed by atoms with Crippen molar-refractivity contribution in [1.82, 2.24) is 10.6 Å². The molecule has 0 bridgehead atoms. The summed E-state index contributed by atoms with van der Waals surface area (Å²) in [6, 6.07) is -0.796. The molecule has 68 valence electrons. The fraction of sp³-hybridized carbons (Fsp3) is 0.667. The van der Waals surface area contributed by atoms with E-state index in [-0.39, 0.29) is 18.4 Å². The van der Waals surface area contributed by atoms with Crippen molar-refractivity contribution in [3.8, 4) is 0 Å². The molecule has 0 radical (unpaired) electrons. The van der Waals surface area contributed by atoms with Crippen molar-refractivity contribution < 1.29 is 14.7 Å². The number of nitrogens with one attached hydrogen (secondary N) is 2.